The van der Waals surface area contributed by atoms with Crippen LogP contribution in [0.5, 0.6) is 0 Å². The Balaban J connectivity index is 2.99. The summed E-state index contributed by atoms with van der Waals surface area (Å²) in [4.78, 5) is 0. The van der Waals surface area contributed by atoms with Crippen molar-refractivity contribution in [2.75, 3.05) is 36.6 Å². The molecule has 0 saturated heterocycles. The fourth-order valence-corrected chi connectivity index (χ4v) is 2.78. The summed E-state index contributed by atoms with van der Waals surface area (Å²) in [5.41, 5.74) is 6.65. The van der Waals surface area contributed by atoms with Crippen LogP contribution in [-0.4, -0.2) is 34.9 Å². The molecule has 0 radical (unpaired) electrons. The number of ether oxygens (including phenoxy) is 1. The highest BCUT2D eigenvalue weighted by molar-refractivity contribution is 9.10. The highest BCUT2D eigenvalue weighted by Gasteiger charge is 2.19. The Labute approximate surface area is 110 Å². The molecule has 2 N–H and O–H groups in total. The van der Waals surface area contributed by atoms with Crippen LogP contribution in [0.25, 0.3) is 0 Å². The molecule has 0 aliphatic carbocycles. The van der Waals surface area contributed by atoms with E-state index in [0.29, 0.717) is 11.4 Å². The average Bonchev–Trinajstić information content (AvgIpc) is 2.25. The van der Waals surface area contributed by atoms with Gasteiger partial charge in [-0.15, -0.1) is 0 Å². The molecule has 0 fully saturated rings. The first kappa shape index (κ1) is 14.3. The van der Waals surface area contributed by atoms with Gasteiger partial charge in [0, 0.05) is 18.6 Å². The molecule has 1 rings (SSSR count). The van der Waals surface area contributed by atoms with E-state index >= 15 is 0 Å². The van der Waals surface area contributed by atoms with Crippen LogP contribution in [0.1, 0.15) is 0 Å². The molecule has 0 aliphatic heterocycles. The van der Waals surface area contributed by atoms with Crippen LogP contribution in [0.3, 0.4) is 0 Å². The lowest BCUT2D eigenvalue weighted by Gasteiger charge is -2.20. The van der Waals surface area contributed by atoms with Crippen molar-refractivity contribution in [3.63, 3.8) is 0 Å². The van der Waals surface area contributed by atoms with E-state index in [-0.39, 0.29) is 12.4 Å². The Morgan fingerprint density at radius 2 is 2.12 bits per heavy atom. The number of halogens is 1. The number of rotatable bonds is 5. The quantitative estimate of drug-likeness (QED) is 0.833. The maximum Gasteiger partial charge on any atom is 0.237 e. The number of hydrogen-bond donors (Lipinski definition) is 1. The lowest BCUT2D eigenvalue weighted by Crippen LogP contribution is -2.31. The van der Waals surface area contributed by atoms with E-state index < -0.39 is 10.0 Å². The Bertz CT molecular complexity index is 490. The van der Waals surface area contributed by atoms with Gasteiger partial charge in [0.1, 0.15) is 0 Å². The van der Waals surface area contributed by atoms with Crippen molar-refractivity contribution in [1.82, 2.24) is 0 Å². The fourth-order valence-electron chi connectivity index (χ4n) is 1.29. The third kappa shape index (κ3) is 3.58. The minimum Gasteiger partial charge on any atom is -0.397 e. The Kier molecular flexibility index (Phi) is 4.79. The van der Waals surface area contributed by atoms with E-state index in [1.807, 2.05) is 0 Å². The van der Waals surface area contributed by atoms with E-state index in [4.69, 9.17) is 10.5 Å². The summed E-state index contributed by atoms with van der Waals surface area (Å²) in [5, 5.41) is 0. The van der Waals surface area contributed by atoms with Crippen LogP contribution >= 0.6 is 15.9 Å². The molecule has 17 heavy (non-hydrogen) atoms. The summed E-state index contributed by atoms with van der Waals surface area (Å²) < 4.78 is 30.6. The van der Waals surface area contributed by atoms with Crippen molar-refractivity contribution in [2.24, 2.45) is 0 Å². The zero-order chi connectivity index (χ0) is 13.1. The summed E-state index contributed by atoms with van der Waals surface area (Å²) in [5.74, 6) is -0.0739. The molecule has 0 aliphatic rings. The largest absolute Gasteiger partial charge is 0.397 e. The van der Waals surface area contributed by atoms with Gasteiger partial charge in [-0.2, -0.15) is 0 Å². The van der Waals surface area contributed by atoms with Crippen LogP contribution in [0.4, 0.5) is 11.4 Å². The third-order valence-corrected chi connectivity index (χ3v) is 4.50. The lowest BCUT2D eigenvalue weighted by molar-refractivity contribution is 0.217. The molecule has 0 atom stereocenters. The molecule has 0 heterocycles. The van der Waals surface area contributed by atoms with Gasteiger partial charge in [0.2, 0.25) is 10.0 Å². The molecule has 0 aromatic heterocycles. The molecule has 96 valence electrons. The van der Waals surface area contributed by atoms with Crippen molar-refractivity contribution >= 4 is 37.3 Å². The van der Waals surface area contributed by atoms with Crippen LogP contribution in [0, 0.1) is 0 Å². The van der Waals surface area contributed by atoms with Crippen molar-refractivity contribution in [2.45, 2.75) is 0 Å². The van der Waals surface area contributed by atoms with Gasteiger partial charge in [-0.25, -0.2) is 8.42 Å². The first-order valence-corrected chi connectivity index (χ1v) is 7.29. The van der Waals surface area contributed by atoms with Gasteiger partial charge in [-0.1, -0.05) is 15.9 Å². The smallest absolute Gasteiger partial charge is 0.237 e. The Hall–Kier alpha value is -0.790. The van der Waals surface area contributed by atoms with Gasteiger partial charge in [-0.05, 0) is 18.2 Å². The number of nitrogen functional groups attached to an aromatic ring is 1. The first-order valence-electron chi connectivity index (χ1n) is 4.89. The number of hydrogen-bond acceptors (Lipinski definition) is 4. The minimum atomic E-state index is -3.40. The number of benzene rings is 1. The SMILES string of the molecule is COCCS(=O)(=O)N(C)c1ccc(Br)cc1N. The molecule has 0 saturated carbocycles. The molecular weight excluding hydrogens is 308 g/mol. The van der Waals surface area contributed by atoms with Crippen LogP contribution in [0.2, 0.25) is 0 Å². The molecule has 0 amide bonds. The first-order chi connectivity index (χ1) is 7.88. The van der Waals surface area contributed by atoms with Crippen LogP contribution in [0.15, 0.2) is 22.7 Å². The number of anilines is 2. The molecular formula is C10H15BrN2O3S. The average molecular weight is 323 g/mol. The van der Waals surface area contributed by atoms with Crippen molar-refractivity contribution in [3.05, 3.63) is 22.7 Å². The van der Waals surface area contributed by atoms with E-state index in [0.717, 1.165) is 4.47 Å². The number of methoxy groups -OCH3 is 1. The highest BCUT2D eigenvalue weighted by atomic mass is 79.9. The molecule has 0 bridgehead atoms. The molecule has 0 spiro atoms. The molecule has 1 aromatic rings. The Morgan fingerprint density at radius 3 is 2.65 bits per heavy atom. The van der Waals surface area contributed by atoms with Crippen molar-refractivity contribution in [1.29, 1.82) is 0 Å². The molecule has 5 nitrogen and oxygen atoms in total. The summed E-state index contributed by atoms with van der Waals surface area (Å²) in [6.45, 7) is 0.156. The fraction of sp³-hybridized carbons (Fsp3) is 0.400. The predicted molar refractivity (Wildman–Crippen MR) is 72.6 cm³/mol. The second kappa shape index (κ2) is 5.70. The monoisotopic (exact) mass is 322 g/mol. The van der Waals surface area contributed by atoms with Crippen LogP contribution < -0.4 is 10.0 Å². The van der Waals surface area contributed by atoms with E-state index in [9.17, 15) is 8.42 Å². The number of nitrogens with two attached hydrogens (primary N) is 1. The second-order valence-electron chi connectivity index (χ2n) is 3.48. The van der Waals surface area contributed by atoms with Gasteiger partial charge in [0.15, 0.2) is 0 Å². The van der Waals surface area contributed by atoms with Gasteiger partial charge in [-0.3, -0.25) is 4.31 Å². The minimum absolute atomic E-state index is 0.0739. The van der Waals surface area contributed by atoms with E-state index in [1.54, 1.807) is 18.2 Å². The third-order valence-electron chi connectivity index (χ3n) is 2.29. The maximum atomic E-state index is 11.9. The Morgan fingerprint density at radius 1 is 1.47 bits per heavy atom. The zero-order valence-corrected chi connectivity index (χ0v) is 12.1. The van der Waals surface area contributed by atoms with Crippen LogP contribution in [-0.2, 0) is 14.8 Å². The topological polar surface area (TPSA) is 72.6 Å². The number of sulfonamides is 1. The van der Waals surface area contributed by atoms with Gasteiger partial charge in [0.25, 0.3) is 0 Å². The summed E-state index contributed by atoms with van der Waals surface area (Å²) in [7, 11) is -0.459. The molecule has 7 heteroatoms. The normalized spacial score (nSPS) is 11.5. The lowest BCUT2D eigenvalue weighted by atomic mass is 10.3. The summed E-state index contributed by atoms with van der Waals surface area (Å²) in [6.07, 6.45) is 0. The van der Waals surface area contributed by atoms with E-state index in [1.165, 1.54) is 18.5 Å². The standard InChI is InChI=1S/C10H15BrN2O3S/c1-13(17(14,15)6-5-16-2)10-4-3-8(11)7-9(10)12/h3-4,7H,5-6,12H2,1-2H3. The van der Waals surface area contributed by atoms with Gasteiger partial charge < -0.3 is 10.5 Å². The molecule has 1 aromatic carbocycles. The predicted octanol–water partition coefficient (Wildman–Crippen LogP) is 1.44. The maximum absolute atomic E-state index is 11.9. The summed E-state index contributed by atoms with van der Waals surface area (Å²) in [6, 6.07) is 5.06. The van der Waals surface area contributed by atoms with Gasteiger partial charge in [0.05, 0.1) is 23.7 Å². The molecule has 0 unspecified atom stereocenters. The second-order valence-corrected chi connectivity index (χ2v) is 6.51. The highest BCUT2D eigenvalue weighted by Crippen LogP contribution is 2.27. The van der Waals surface area contributed by atoms with E-state index in [2.05, 4.69) is 15.9 Å². The van der Waals surface area contributed by atoms with Crippen molar-refractivity contribution < 1.29 is 13.2 Å². The van der Waals surface area contributed by atoms with Crippen molar-refractivity contribution in [3.8, 4) is 0 Å². The summed E-state index contributed by atoms with van der Waals surface area (Å²) >= 11 is 3.27. The zero-order valence-electron chi connectivity index (χ0n) is 9.68. The van der Waals surface area contributed by atoms with Gasteiger partial charge >= 0.3 is 0 Å². The number of nitrogens with zero attached hydrogens (tertiary/aromatic N) is 1.